The summed E-state index contributed by atoms with van der Waals surface area (Å²) in [5, 5.41) is 18.8. The van der Waals surface area contributed by atoms with Gasteiger partial charge in [0.05, 0.1) is 6.04 Å². The van der Waals surface area contributed by atoms with Crippen molar-refractivity contribution in [2.45, 2.75) is 33.4 Å². The van der Waals surface area contributed by atoms with E-state index in [2.05, 4.69) is 96.7 Å². The van der Waals surface area contributed by atoms with Crippen molar-refractivity contribution in [2.24, 2.45) is 0 Å². The molecule has 2 N–H and O–H groups in total. The van der Waals surface area contributed by atoms with Crippen LogP contribution in [-0.4, -0.2) is 31.1 Å². The van der Waals surface area contributed by atoms with Crippen LogP contribution in [0, 0.1) is 13.8 Å². The van der Waals surface area contributed by atoms with Gasteiger partial charge in [-0.2, -0.15) is 5.21 Å². The number of hydrogen-bond donors (Lipinski definition) is 2. The number of aromatic amines is 1. The molecule has 0 fully saturated rings. The summed E-state index contributed by atoms with van der Waals surface area (Å²) in [6.45, 7) is 6.99. The van der Waals surface area contributed by atoms with Crippen LogP contribution < -0.4 is 5.32 Å². The van der Waals surface area contributed by atoms with Gasteiger partial charge in [0, 0.05) is 38.7 Å². The Morgan fingerprint density at radius 1 is 0.951 bits per heavy atom. The number of tetrazole rings is 1. The van der Waals surface area contributed by atoms with Gasteiger partial charge in [-0.1, -0.05) is 76.6 Å². The van der Waals surface area contributed by atoms with Crippen LogP contribution in [0.25, 0.3) is 33.4 Å². The van der Waals surface area contributed by atoms with Gasteiger partial charge in [-0.25, -0.2) is 0 Å². The molecule has 0 saturated heterocycles. The molecule has 4 aromatic carbocycles. The number of aryl methyl sites for hydroxylation is 1. The van der Waals surface area contributed by atoms with Crippen LogP contribution in [0.15, 0.2) is 95.5 Å². The SMILES string of the molecule is Cc1c(C)n(Cc2ccc(-c3ccccc3-c3nn[nH]n3)cc2)c2ccc(C(=O)N[C@@H](C)c3ccc(Br)cc3)cc12. The predicted octanol–water partition coefficient (Wildman–Crippen LogP) is 7.41. The monoisotopic (exact) mass is 604 g/mol. The third-order valence-corrected chi connectivity index (χ3v) is 8.27. The molecule has 204 valence electrons. The molecule has 8 heteroatoms. The minimum Gasteiger partial charge on any atom is -0.346 e. The number of nitrogens with zero attached hydrogens (tertiary/aromatic N) is 4. The van der Waals surface area contributed by atoms with Crippen LogP contribution in [0.5, 0.6) is 0 Å². The molecule has 1 atom stereocenters. The molecule has 0 unspecified atom stereocenters. The highest BCUT2D eigenvalue weighted by atomic mass is 79.9. The smallest absolute Gasteiger partial charge is 0.251 e. The van der Waals surface area contributed by atoms with Gasteiger partial charge in [0.1, 0.15) is 0 Å². The van der Waals surface area contributed by atoms with E-state index < -0.39 is 0 Å². The quantitative estimate of drug-likeness (QED) is 0.198. The molecule has 6 rings (SSSR count). The first-order valence-electron chi connectivity index (χ1n) is 13.5. The van der Waals surface area contributed by atoms with Gasteiger partial charge in [0.2, 0.25) is 5.82 Å². The summed E-state index contributed by atoms with van der Waals surface area (Å²) in [5.41, 5.74) is 9.47. The average molecular weight is 606 g/mol. The Labute approximate surface area is 246 Å². The van der Waals surface area contributed by atoms with Gasteiger partial charge in [-0.15, -0.1) is 10.2 Å². The van der Waals surface area contributed by atoms with Crippen LogP contribution in [0.4, 0.5) is 0 Å². The van der Waals surface area contributed by atoms with E-state index in [0.717, 1.165) is 44.2 Å². The molecular weight excluding hydrogens is 576 g/mol. The summed E-state index contributed by atoms with van der Waals surface area (Å²) in [5.74, 6) is 0.495. The number of rotatable bonds is 7. The van der Waals surface area contributed by atoms with E-state index in [1.54, 1.807) is 0 Å². The topological polar surface area (TPSA) is 88.5 Å². The molecule has 1 amide bonds. The Bertz CT molecular complexity index is 1840. The zero-order chi connectivity index (χ0) is 28.5. The molecule has 41 heavy (non-hydrogen) atoms. The fourth-order valence-corrected chi connectivity index (χ4v) is 5.55. The van der Waals surface area contributed by atoms with Crippen LogP contribution >= 0.6 is 15.9 Å². The highest BCUT2D eigenvalue weighted by Crippen LogP contribution is 2.31. The first-order valence-corrected chi connectivity index (χ1v) is 14.3. The predicted molar refractivity (Wildman–Crippen MR) is 166 cm³/mol. The maximum Gasteiger partial charge on any atom is 0.251 e. The molecule has 0 saturated carbocycles. The van der Waals surface area contributed by atoms with Gasteiger partial charge in [-0.05, 0) is 84.1 Å². The molecule has 0 aliphatic heterocycles. The van der Waals surface area contributed by atoms with Gasteiger partial charge in [0.25, 0.3) is 5.91 Å². The normalized spacial score (nSPS) is 12.0. The molecule has 2 aromatic heterocycles. The Balaban J connectivity index is 1.23. The number of halogens is 1. The number of hydrogen-bond acceptors (Lipinski definition) is 4. The van der Waals surface area contributed by atoms with Crippen molar-refractivity contribution in [2.75, 3.05) is 0 Å². The summed E-state index contributed by atoms with van der Waals surface area (Å²) in [4.78, 5) is 13.1. The van der Waals surface area contributed by atoms with Crippen molar-refractivity contribution >= 4 is 32.7 Å². The largest absolute Gasteiger partial charge is 0.346 e. The maximum absolute atomic E-state index is 13.1. The number of H-pyrrole nitrogens is 1. The molecule has 6 aromatic rings. The number of fused-ring (bicyclic) bond motifs is 1. The van der Waals surface area contributed by atoms with Crippen molar-refractivity contribution in [3.05, 3.63) is 123 Å². The van der Waals surface area contributed by atoms with Gasteiger partial charge in [0.15, 0.2) is 0 Å². The second-order valence-electron chi connectivity index (χ2n) is 10.3. The van der Waals surface area contributed by atoms with E-state index in [-0.39, 0.29) is 11.9 Å². The Morgan fingerprint density at radius 3 is 2.39 bits per heavy atom. The van der Waals surface area contributed by atoms with E-state index in [1.165, 1.54) is 16.8 Å². The zero-order valence-electron chi connectivity index (χ0n) is 23.0. The third kappa shape index (κ3) is 5.30. The highest BCUT2D eigenvalue weighted by Gasteiger charge is 2.17. The fraction of sp³-hybridized carbons (Fsp3) is 0.152. The Morgan fingerprint density at radius 2 is 1.68 bits per heavy atom. The van der Waals surface area contributed by atoms with E-state index in [1.807, 2.05) is 61.5 Å². The summed E-state index contributed by atoms with van der Waals surface area (Å²) in [6, 6.07) is 30.6. The zero-order valence-corrected chi connectivity index (χ0v) is 24.6. The van der Waals surface area contributed by atoms with Crippen molar-refractivity contribution in [1.29, 1.82) is 0 Å². The minimum atomic E-state index is -0.0964. The molecular formula is C33H29BrN6O. The van der Waals surface area contributed by atoms with E-state index in [9.17, 15) is 4.79 Å². The van der Waals surface area contributed by atoms with E-state index >= 15 is 0 Å². The number of nitrogens with one attached hydrogen (secondary N) is 2. The summed E-state index contributed by atoms with van der Waals surface area (Å²) < 4.78 is 3.33. The molecule has 7 nitrogen and oxygen atoms in total. The Kier molecular flexibility index (Phi) is 7.24. The molecule has 0 bridgehead atoms. The van der Waals surface area contributed by atoms with Crippen molar-refractivity contribution in [1.82, 2.24) is 30.5 Å². The van der Waals surface area contributed by atoms with Crippen LogP contribution in [0.3, 0.4) is 0 Å². The first-order chi connectivity index (χ1) is 19.9. The Hall–Kier alpha value is -4.56. The second-order valence-corrected chi connectivity index (χ2v) is 11.2. The van der Waals surface area contributed by atoms with Crippen LogP contribution in [0.1, 0.15) is 45.7 Å². The third-order valence-electron chi connectivity index (χ3n) is 7.74. The lowest BCUT2D eigenvalue weighted by Crippen LogP contribution is -2.26. The van der Waals surface area contributed by atoms with Gasteiger partial charge >= 0.3 is 0 Å². The molecule has 0 spiro atoms. The second kappa shape index (κ2) is 11.1. The standard InChI is InChI=1S/C33H29BrN6O/c1-20-22(3)40(19-23-8-10-25(11-9-23)28-6-4-5-7-29(28)32-36-38-39-37-32)31-17-14-26(18-30(20)31)33(41)35-21(2)24-12-15-27(34)16-13-24/h4-18,21H,19H2,1-3H3,(H,35,41)(H,36,37,38,39)/t21-/m0/s1. The molecule has 0 aliphatic carbocycles. The summed E-state index contributed by atoms with van der Waals surface area (Å²) in [6.07, 6.45) is 0. The first kappa shape index (κ1) is 26.7. The van der Waals surface area contributed by atoms with Crippen molar-refractivity contribution in [3.63, 3.8) is 0 Å². The van der Waals surface area contributed by atoms with Crippen molar-refractivity contribution < 1.29 is 4.79 Å². The lowest BCUT2D eigenvalue weighted by molar-refractivity contribution is 0.0940. The lowest BCUT2D eigenvalue weighted by Gasteiger charge is -2.15. The molecule has 0 aliphatic rings. The number of aromatic nitrogens is 5. The highest BCUT2D eigenvalue weighted by molar-refractivity contribution is 9.10. The van der Waals surface area contributed by atoms with E-state index in [0.29, 0.717) is 11.4 Å². The lowest BCUT2D eigenvalue weighted by atomic mass is 9.98. The number of benzene rings is 4. The number of carbonyl (C=O) groups is 1. The summed E-state index contributed by atoms with van der Waals surface area (Å²) in [7, 11) is 0. The summed E-state index contributed by atoms with van der Waals surface area (Å²) >= 11 is 3.47. The molecule has 0 radical (unpaired) electrons. The molecule has 2 heterocycles. The van der Waals surface area contributed by atoms with Crippen molar-refractivity contribution in [3.8, 4) is 22.5 Å². The van der Waals surface area contributed by atoms with Gasteiger partial charge in [-0.3, -0.25) is 4.79 Å². The fourth-order valence-electron chi connectivity index (χ4n) is 5.29. The van der Waals surface area contributed by atoms with Crippen LogP contribution in [-0.2, 0) is 6.54 Å². The van der Waals surface area contributed by atoms with Crippen LogP contribution in [0.2, 0.25) is 0 Å². The number of carbonyl (C=O) groups excluding carboxylic acids is 1. The average Bonchev–Trinajstić information content (AvgIpc) is 3.61. The minimum absolute atomic E-state index is 0.0798. The van der Waals surface area contributed by atoms with E-state index in [4.69, 9.17) is 0 Å². The maximum atomic E-state index is 13.1. The number of amides is 1. The van der Waals surface area contributed by atoms with Gasteiger partial charge < -0.3 is 9.88 Å².